The minimum atomic E-state index is -0.480. The number of carbonyl (C=O) groups is 1. The van der Waals surface area contributed by atoms with Crippen molar-refractivity contribution in [2.24, 2.45) is 0 Å². The van der Waals surface area contributed by atoms with Crippen molar-refractivity contribution in [1.82, 2.24) is 0 Å². The van der Waals surface area contributed by atoms with Gasteiger partial charge in [-0.1, -0.05) is 78.9 Å². The predicted molar refractivity (Wildman–Crippen MR) is 115 cm³/mol. The van der Waals surface area contributed by atoms with Gasteiger partial charge in [0, 0.05) is 16.8 Å². The molecule has 2 aliphatic heterocycles. The van der Waals surface area contributed by atoms with Crippen molar-refractivity contribution in [2.45, 2.75) is 18.0 Å². The Morgan fingerprint density at radius 3 is 1.84 bits per heavy atom. The van der Waals surface area contributed by atoms with Crippen LogP contribution in [0.3, 0.4) is 0 Å². The first kappa shape index (κ1) is 19.8. The molecule has 2 aliphatic rings. The van der Waals surface area contributed by atoms with Crippen molar-refractivity contribution in [2.75, 3.05) is 25.1 Å². The molecule has 6 nitrogen and oxygen atoms in total. The molecule has 3 aromatic carbocycles. The number of quaternary nitrogens is 1. The first-order chi connectivity index (χ1) is 15.3. The van der Waals surface area contributed by atoms with Gasteiger partial charge in [-0.15, -0.1) is 0 Å². The fraction of sp³-hybridized carbons (Fsp3) is 0.240. The molecule has 6 heteroatoms. The summed E-state index contributed by atoms with van der Waals surface area (Å²) in [5.74, 6) is 0. The smallest absolute Gasteiger partial charge is 0.411 e. The lowest BCUT2D eigenvalue weighted by Crippen LogP contribution is -3.17. The van der Waals surface area contributed by atoms with E-state index in [-0.39, 0.29) is 19.1 Å². The third-order valence-electron chi connectivity index (χ3n) is 5.93. The first-order valence-corrected chi connectivity index (χ1v) is 10.4. The maximum atomic E-state index is 12.4. The number of benzene rings is 3. The molecule has 2 heterocycles. The monoisotopic (exact) mass is 417 g/mol. The fourth-order valence-electron chi connectivity index (χ4n) is 4.42. The normalized spacial score (nSPS) is 26.9. The van der Waals surface area contributed by atoms with E-state index in [2.05, 4.69) is 29.6 Å². The van der Waals surface area contributed by atoms with E-state index in [0.29, 0.717) is 18.9 Å². The lowest BCUT2D eigenvalue weighted by atomic mass is 10.0. The molecule has 5 rings (SSSR count). The molecule has 158 valence electrons. The highest BCUT2D eigenvalue weighted by Crippen LogP contribution is 2.32. The third-order valence-corrected chi connectivity index (χ3v) is 5.93. The Kier molecular flexibility index (Phi) is 5.42. The van der Waals surface area contributed by atoms with Gasteiger partial charge in [-0.25, -0.2) is 4.79 Å². The fourth-order valence-corrected chi connectivity index (χ4v) is 4.42. The molecular formula is C25H25N2O4+. The van der Waals surface area contributed by atoms with Gasteiger partial charge in [-0.05, 0) is 12.1 Å². The van der Waals surface area contributed by atoms with E-state index in [4.69, 9.17) is 14.2 Å². The highest BCUT2D eigenvalue weighted by Gasteiger charge is 2.62. The molecule has 2 saturated heterocycles. The quantitative estimate of drug-likeness (QED) is 0.669. The van der Waals surface area contributed by atoms with Crippen LogP contribution < -0.4 is 10.2 Å². The van der Waals surface area contributed by atoms with Crippen molar-refractivity contribution in [3.8, 4) is 0 Å². The van der Waals surface area contributed by atoms with E-state index in [0.717, 1.165) is 16.0 Å². The molecule has 0 saturated carbocycles. The van der Waals surface area contributed by atoms with E-state index in [1.54, 1.807) is 0 Å². The SMILES string of the molecule is O=C(Nc1ccccc1)OCC12CO[C@@H](c3ccccc3)[NH+]1[C@H](c1ccccc1)OC2. The first-order valence-electron chi connectivity index (χ1n) is 10.4. The maximum absolute atomic E-state index is 12.4. The highest BCUT2D eigenvalue weighted by atomic mass is 16.6. The van der Waals surface area contributed by atoms with Gasteiger partial charge in [0.1, 0.15) is 13.2 Å². The van der Waals surface area contributed by atoms with Crippen LogP contribution in [0.15, 0.2) is 91.0 Å². The van der Waals surface area contributed by atoms with E-state index in [9.17, 15) is 4.79 Å². The van der Waals surface area contributed by atoms with Crippen molar-refractivity contribution in [3.63, 3.8) is 0 Å². The van der Waals surface area contributed by atoms with E-state index in [1.165, 1.54) is 0 Å². The Balaban J connectivity index is 1.38. The van der Waals surface area contributed by atoms with Crippen LogP contribution >= 0.6 is 0 Å². The van der Waals surface area contributed by atoms with Gasteiger partial charge in [0.15, 0.2) is 12.1 Å². The second kappa shape index (κ2) is 8.51. The summed E-state index contributed by atoms with van der Waals surface area (Å²) in [6.07, 6.45) is -0.879. The van der Waals surface area contributed by atoms with Crippen LogP contribution in [-0.4, -0.2) is 31.5 Å². The Morgan fingerprint density at radius 2 is 1.32 bits per heavy atom. The number of rotatable bonds is 5. The lowest BCUT2D eigenvalue weighted by molar-refractivity contribution is -1.00. The molecule has 0 unspecified atom stereocenters. The predicted octanol–water partition coefficient (Wildman–Crippen LogP) is 3.32. The van der Waals surface area contributed by atoms with Gasteiger partial charge in [0.2, 0.25) is 12.5 Å². The van der Waals surface area contributed by atoms with Gasteiger partial charge in [0.25, 0.3) is 0 Å². The molecule has 3 aromatic rings. The molecule has 31 heavy (non-hydrogen) atoms. The van der Waals surface area contributed by atoms with Gasteiger partial charge < -0.3 is 14.2 Å². The van der Waals surface area contributed by atoms with Crippen molar-refractivity contribution in [3.05, 3.63) is 102 Å². The molecule has 0 aliphatic carbocycles. The molecule has 0 aromatic heterocycles. The molecular weight excluding hydrogens is 392 g/mol. The Hall–Kier alpha value is -3.19. The van der Waals surface area contributed by atoms with Crippen LogP contribution in [0.4, 0.5) is 10.5 Å². The summed E-state index contributed by atoms with van der Waals surface area (Å²) in [7, 11) is 0. The van der Waals surface area contributed by atoms with Gasteiger partial charge in [-0.3, -0.25) is 10.2 Å². The zero-order chi connectivity index (χ0) is 21.1. The second-order valence-corrected chi connectivity index (χ2v) is 8.01. The second-order valence-electron chi connectivity index (χ2n) is 8.01. The van der Waals surface area contributed by atoms with Gasteiger partial charge in [0.05, 0.1) is 0 Å². The Bertz CT molecular complexity index is 962. The Morgan fingerprint density at radius 1 is 0.839 bits per heavy atom. The number of carbonyl (C=O) groups excluding carboxylic acids is 1. The zero-order valence-corrected chi connectivity index (χ0v) is 17.1. The van der Waals surface area contributed by atoms with E-state index >= 15 is 0 Å². The highest BCUT2D eigenvalue weighted by molar-refractivity contribution is 5.84. The molecule has 2 fully saturated rings. The molecule has 0 spiro atoms. The van der Waals surface area contributed by atoms with Crippen LogP contribution in [0, 0.1) is 0 Å². The molecule has 2 N–H and O–H groups in total. The van der Waals surface area contributed by atoms with Gasteiger partial charge >= 0.3 is 6.09 Å². The number of anilines is 1. The lowest BCUT2D eigenvalue weighted by Gasteiger charge is -2.30. The number of hydrogen-bond acceptors (Lipinski definition) is 4. The number of ether oxygens (including phenoxy) is 3. The third kappa shape index (κ3) is 3.93. The summed E-state index contributed by atoms with van der Waals surface area (Å²) in [6, 6.07) is 29.6. The topological polar surface area (TPSA) is 61.2 Å². The minimum absolute atomic E-state index is 0.199. The number of hydrogen-bond donors (Lipinski definition) is 2. The largest absolute Gasteiger partial charge is 0.442 e. The number of fused-ring (bicyclic) bond motifs is 1. The van der Waals surface area contributed by atoms with Crippen molar-refractivity contribution in [1.29, 1.82) is 0 Å². The van der Waals surface area contributed by atoms with E-state index < -0.39 is 11.6 Å². The molecule has 0 radical (unpaired) electrons. The number of para-hydroxylation sites is 1. The van der Waals surface area contributed by atoms with Crippen LogP contribution in [-0.2, 0) is 14.2 Å². The van der Waals surface area contributed by atoms with Crippen LogP contribution in [0.1, 0.15) is 23.6 Å². The standard InChI is InChI=1S/C25H24N2O4/c28-24(26-21-14-8-3-9-15-21)31-18-25-16-29-22(19-10-4-1-5-11-19)27(25)23(30-17-25)20-12-6-2-7-13-20/h1-15,22-23H,16-18H2,(H,26,28)/p+1/t22-,23-/m0/s1. The number of nitrogens with one attached hydrogen (secondary N) is 2. The summed E-state index contributed by atoms with van der Waals surface area (Å²) in [4.78, 5) is 13.6. The van der Waals surface area contributed by atoms with E-state index in [1.807, 2.05) is 66.7 Å². The average Bonchev–Trinajstić information content (AvgIpc) is 3.37. The summed E-state index contributed by atoms with van der Waals surface area (Å²) >= 11 is 0. The number of amides is 1. The maximum Gasteiger partial charge on any atom is 0.411 e. The summed E-state index contributed by atoms with van der Waals surface area (Å²) in [5.41, 5.74) is 2.39. The van der Waals surface area contributed by atoms with Crippen molar-refractivity contribution >= 4 is 11.8 Å². The molecule has 2 atom stereocenters. The summed E-state index contributed by atoms with van der Waals surface area (Å²) in [6.45, 7) is 1.10. The van der Waals surface area contributed by atoms with Crippen LogP contribution in [0.2, 0.25) is 0 Å². The minimum Gasteiger partial charge on any atom is -0.442 e. The summed E-state index contributed by atoms with van der Waals surface area (Å²) in [5, 5.41) is 2.78. The Labute approximate surface area is 181 Å². The molecule has 1 amide bonds. The van der Waals surface area contributed by atoms with Crippen molar-refractivity contribution < 1.29 is 23.9 Å². The molecule has 0 bridgehead atoms. The van der Waals surface area contributed by atoms with Crippen LogP contribution in [0.5, 0.6) is 0 Å². The summed E-state index contributed by atoms with van der Waals surface area (Å²) < 4.78 is 18.2. The average molecular weight is 417 g/mol. The van der Waals surface area contributed by atoms with Gasteiger partial charge in [-0.2, -0.15) is 0 Å². The van der Waals surface area contributed by atoms with Crippen LogP contribution in [0.25, 0.3) is 0 Å². The zero-order valence-electron chi connectivity index (χ0n) is 17.1.